The van der Waals surface area contributed by atoms with E-state index in [4.69, 9.17) is 4.74 Å². The molecule has 0 unspecified atom stereocenters. The van der Waals surface area contributed by atoms with Crippen molar-refractivity contribution < 1.29 is 29.0 Å². The predicted molar refractivity (Wildman–Crippen MR) is 129 cm³/mol. The van der Waals surface area contributed by atoms with Gasteiger partial charge in [0.15, 0.2) is 0 Å². The van der Waals surface area contributed by atoms with Gasteiger partial charge in [0.2, 0.25) is 0 Å². The maximum absolute atomic E-state index is 12.8. The second-order valence-electron chi connectivity index (χ2n) is 7.42. The number of carbonyl (C=O) groups excluding carboxylic acids is 3. The molecule has 4 rings (SSSR count). The zero-order chi connectivity index (χ0) is 25.8. The third kappa shape index (κ3) is 5.28. The molecular formula is C24H15N3O8S. The number of benzene rings is 3. The van der Waals surface area contributed by atoms with Crippen LogP contribution in [-0.4, -0.2) is 31.9 Å². The van der Waals surface area contributed by atoms with E-state index in [1.807, 2.05) is 0 Å². The van der Waals surface area contributed by atoms with Gasteiger partial charge >= 0.3 is 5.97 Å². The number of non-ortho nitro benzene ring substituents is 1. The molecule has 0 radical (unpaired) electrons. The molecule has 0 aliphatic carbocycles. The van der Waals surface area contributed by atoms with Crippen LogP contribution in [0, 0.1) is 20.2 Å². The Morgan fingerprint density at radius 2 is 1.67 bits per heavy atom. The molecule has 0 aromatic heterocycles. The van der Waals surface area contributed by atoms with Gasteiger partial charge in [-0.1, -0.05) is 36.4 Å². The van der Waals surface area contributed by atoms with Crippen LogP contribution >= 0.6 is 11.8 Å². The zero-order valence-electron chi connectivity index (χ0n) is 18.2. The lowest BCUT2D eigenvalue weighted by molar-refractivity contribution is -0.385. The number of thioether (sulfide) groups is 1. The quantitative estimate of drug-likeness (QED) is 0.143. The van der Waals surface area contributed by atoms with E-state index in [2.05, 4.69) is 0 Å². The van der Waals surface area contributed by atoms with E-state index in [1.54, 1.807) is 18.2 Å². The van der Waals surface area contributed by atoms with E-state index < -0.39 is 27.0 Å². The summed E-state index contributed by atoms with van der Waals surface area (Å²) >= 11 is 0.714. The van der Waals surface area contributed by atoms with E-state index in [1.165, 1.54) is 54.6 Å². The molecule has 0 spiro atoms. The van der Waals surface area contributed by atoms with E-state index in [9.17, 15) is 34.6 Å². The van der Waals surface area contributed by atoms with Crippen molar-refractivity contribution in [1.82, 2.24) is 4.90 Å². The number of rotatable bonds is 7. The summed E-state index contributed by atoms with van der Waals surface area (Å²) in [7, 11) is 0. The van der Waals surface area contributed by atoms with Crippen molar-refractivity contribution in [3.8, 4) is 5.75 Å². The molecule has 0 atom stereocenters. The summed E-state index contributed by atoms with van der Waals surface area (Å²) in [5.74, 6) is -1.18. The average molecular weight is 505 g/mol. The van der Waals surface area contributed by atoms with Crippen molar-refractivity contribution in [3.63, 3.8) is 0 Å². The maximum Gasteiger partial charge on any atom is 0.343 e. The number of nitrogens with zero attached hydrogens (tertiary/aromatic N) is 3. The van der Waals surface area contributed by atoms with Crippen molar-refractivity contribution in [2.45, 2.75) is 6.54 Å². The summed E-state index contributed by atoms with van der Waals surface area (Å²) in [6, 6.07) is 17.1. The van der Waals surface area contributed by atoms with Crippen molar-refractivity contribution in [1.29, 1.82) is 0 Å². The average Bonchev–Trinajstić information content (AvgIpc) is 3.12. The smallest absolute Gasteiger partial charge is 0.343 e. The first-order chi connectivity index (χ1) is 17.2. The molecular weight excluding hydrogens is 490 g/mol. The number of hydrogen-bond donors (Lipinski definition) is 0. The lowest BCUT2D eigenvalue weighted by Gasteiger charge is -2.12. The molecule has 3 aromatic carbocycles. The van der Waals surface area contributed by atoms with Gasteiger partial charge in [-0.15, -0.1) is 0 Å². The molecule has 1 heterocycles. The summed E-state index contributed by atoms with van der Waals surface area (Å²) in [6.45, 7) is -0.230. The minimum Gasteiger partial charge on any atom is -0.423 e. The highest BCUT2D eigenvalue weighted by Gasteiger charge is 2.36. The number of hydrogen-bond acceptors (Lipinski definition) is 9. The summed E-state index contributed by atoms with van der Waals surface area (Å²) in [6.07, 6.45) is 1.48. The topological polar surface area (TPSA) is 150 Å². The third-order valence-corrected chi connectivity index (χ3v) is 5.98. The number of carbonyl (C=O) groups is 3. The molecule has 2 amide bonds. The lowest BCUT2D eigenvalue weighted by Crippen LogP contribution is -2.27. The Hall–Kier alpha value is -4.84. The van der Waals surface area contributed by atoms with Crippen molar-refractivity contribution in [2.75, 3.05) is 0 Å². The summed E-state index contributed by atoms with van der Waals surface area (Å²) in [4.78, 5) is 59.5. The van der Waals surface area contributed by atoms with Crippen LogP contribution in [0.15, 0.2) is 77.7 Å². The molecule has 11 nitrogen and oxygen atoms in total. The molecule has 1 saturated heterocycles. The fourth-order valence-corrected chi connectivity index (χ4v) is 4.16. The molecule has 36 heavy (non-hydrogen) atoms. The van der Waals surface area contributed by atoms with E-state index in [0.29, 0.717) is 17.3 Å². The zero-order valence-corrected chi connectivity index (χ0v) is 19.0. The van der Waals surface area contributed by atoms with Gasteiger partial charge in [0.05, 0.1) is 26.9 Å². The van der Waals surface area contributed by atoms with E-state index in [-0.39, 0.29) is 39.7 Å². The van der Waals surface area contributed by atoms with E-state index in [0.717, 1.165) is 11.0 Å². The fraction of sp³-hybridized carbons (Fsp3) is 0.0417. The Labute approximate surface area is 207 Å². The van der Waals surface area contributed by atoms with Gasteiger partial charge in [0.25, 0.3) is 22.5 Å². The number of amides is 2. The van der Waals surface area contributed by atoms with Gasteiger partial charge in [-0.05, 0) is 41.6 Å². The second-order valence-corrected chi connectivity index (χ2v) is 8.41. The van der Waals surface area contributed by atoms with Gasteiger partial charge in [-0.2, -0.15) is 0 Å². The largest absolute Gasteiger partial charge is 0.423 e. The minimum atomic E-state index is -0.775. The van der Waals surface area contributed by atoms with Crippen molar-refractivity contribution >= 4 is 46.3 Å². The molecule has 1 fully saturated rings. The molecule has 0 N–H and O–H groups in total. The minimum absolute atomic E-state index is 0.0144. The molecule has 0 bridgehead atoms. The summed E-state index contributed by atoms with van der Waals surface area (Å²) in [5.41, 5.74) is 0.370. The molecule has 1 aliphatic heterocycles. The number of nitro benzene ring substituents is 2. The first-order valence-electron chi connectivity index (χ1n) is 10.3. The Bertz CT molecular complexity index is 1440. The fourth-order valence-electron chi connectivity index (χ4n) is 3.33. The Balaban J connectivity index is 1.45. The highest BCUT2D eigenvalue weighted by molar-refractivity contribution is 8.18. The van der Waals surface area contributed by atoms with Gasteiger partial charge in [0.1, 0.15) is 5.75 Å². The standard InChI is InChI=1S/C24H15N3O8S/c28-22-21(36-24(30)25(22)14-17-4-1-2-7-20(17)27(33)34)12-15-8-10-19(11-9-15)35-23(29)16-5-3-6-18(13-16)26(31)32/h1-13H,14H2/b21-12-. The molecule has 3 aromatic rings. The Morgan fingerprint density at radius 3 is 2.36 bits per heavy atom. The number of para-hydroxylation sites is 1. The van der Waals surface area contributed by atoms with Gasteiger partial charge in [-0.3, -0.25) is 34.7 Å². The summed E-state index contributed by atoms with van der Waals surface area (Å²) < 4.78 is 5.24. The number of esters is 1. The molecule has 1 aliphatic rings. The van der Waals surface area contributed by atoms with Crippen LogP contribution in [0.25, 0.3) is 6.08 Å². The van der Waals surface area contributed by atoms with Crippen LogP contribution in [0.1, 0.15) is 21.5 Å². The van der Waals surface area contributed by atoms with Gasteiger partial charge in [-0.25, -0.2) is 4.79 Å². The molecule has 180 valence electrons. The third-order valence-electron chi connectivity index (χ3n) is 5.07. The van der Waals surface area contributed by atoms with Crippen molar-refractivity contribution in [3.05, 3.63) is 115 Å². The highest BCUT2D eigenvalue weighted by Crippen LogP contribution is 2.34. The number of nitro groups is 2. The Morgan fingerprint density at radius 1 is 0.944 bits per heavy atom. The van der Waals surface area contributed by atoms with Crippen LogP contribution in [0.5, 0.6) is 5.75 Å². The molecule has 12 heteroatoms. The van der Waals surface area contributed by atoms with Crippen LogP contribution in [0.3, 0.4) is 0 Å². The van der Waals surface area contributed by atoms with Gasteiger partial charge < -0.3 is 4.74 Å². The van der Waals surface area contributed by atoms with Gasteiger partial charge in [0, 0.05) is 23.8 Å². The van der Waals surface area contributed by atoms with Crippen LogP contribution in [0.2, 0.25) is 0 Å². The van der Waals surface area contributed by atoms with Crippen LogP contribution < -0.4 is 4.74 Å². The second kappa shape index (κ2) is 10.2. The predicted octanol–water partition coefficient (Wildman–Crippen LogP) is 4.96. The number of ether oxygens (including phenoxy) is 1. The monoisotopic (exact) mass is 505 g/mol. The Kier molecular flexibility index (Phi) is 6.88. The highest BCUT2D eigenvalue weighted by atomic mass is 32.2. The van der Waals surface area contributed by atoms with E-state index >= 15 is 0 Å². The number of imide groups is 1. The SMILES string of the molecule is O=C(Oc1ccc(/C=C2\SC(=O)N(Cc3ccccc3[N+](=O)[O-])C2=O)cc1)c1cccc([N+](=O)[O-])c1. The molecule has 0 saturated carbocycles. The first kappa shape index (κ1) is 24.3. The van der Waals surface area contributed by atoms with Crippen molar-refractivity contribution in [2.24, 2.45) is 0 Å². The normalized spacial score (nSPS) is 14.2. The maximum atomic E-state index is 12.8. The van der Waals surface area contributed by atoms with Crippen LogP contribution in [0.4, 0.5) is 16.2 Å². The first-order valence-corrected chi connectivity index (χ1v) is 11.1. The lowest BCUT2D eigenvalue weighted by atomic mass is 10.1. The summed E-state index contributed by atoms with van der Waals surface area (Å²) in [5, 5.41) is 21.6. The van der Waals surface area contributed by atoms with Crippen LogP contribution in [-0.2, 0) is 11.3 Å².